The van der Waals surface area contributed by atoms with Crippen molar-refractivity contribution in [3.05, 3.63) is 63.6 Å². The van der Waals surface area contributed by atoms with Crippen LogP contribution in [0, 0.1) is 5.92 Å². The summed E-state index contributed by atoms with van der Waals surface area (Å²) >= 11 is 0. The Morgan fingerprint density at radius 1 is 1.04 bits per heavy atom. The number of rotatable bonds is 6. The van der Waals surface area contributed by atoms with Crippen molar-refractivity contribution < 1.29 is 8.42 Å². The monoisotopic (exact) mass is 387 g/mol. The highest BCUT2D eigenvalue weighted by Crippen LogP contribution is 2.37. The molecule has 146 valence electrons. The lowest BCUT2D eigenvalue weighted by Crippen LogP contribution is -2.18. The molecule has 5 heteroatoms. The van der Waals surface area contributed by atoms with Gasteiger partial charge in [-0.25, -0.2) is 8.42 Å². The van der Waals surface area contributed by atoms with Crippen LogP contribution in [-0.4, -0.2) is 19.7 Å². The fraction of sp³-hybridized carbons (Fsp3) is 0.500. The van der Waals surface area contributed by atoms with E-state index in [1.165, 1.54) is 31.9 Å². The Morgan fingerprint density at radius 2 is 1.67 bits per heavy atom. The molecule has 1 aliphatic rings. The summed E-state index contributed by atoms with van der Waals surface area (Å²) in [6, 6.07) is 11.1. The number of pyridine rings is 1. The van der Waals surface area contributed by atoms with Crippen LogP contribution in [0.1, 0.15) is 74.6 Å². The molecule has 0 amide bonds. The summed E-state index contributed by atoms with van der Waals surface area (Å²) < 4.78 is 23.5. The van der Waals surface area contributed by atoms with E-state index in [1.807, 2.05) is 38.1 Å². The van der Waals surface area contributed by atoms with E-state index in [0.717, 1.165) is 23.2 Å². The smallest absolute Gasteiger partial charge is 0.251 e. The van der Waals surface area contributed by atoms with E-state index in [9.17, 15) is 13.2 Å². The number of hydrogen-bond acceptors (Lipinski definition) is 3. The number of H-pyrrole nitrogens is 1. The molecule has 1 aromatic carbocycles. The molecular weight excluding hydrogens is 358 g/mol. The lowest BCUT2D eigenvalue weighted by atomic mass is 9.85. The molecule has 1 N–H and O–H groups in total. The third-order valence-corrected chi connectivity index (χ3v) is 6.84. The van der Waals surface area contributed by atoms with E-state index in [1.54, 1.807) is 12.1 Å². The van der Waals surface area contributed by atoms with Crippen LogP contribution in [0.5, 0.6) is 0 Å². The molecule has 0 aliphatic heterocycles. The minimum absolute atomic E-state index is 0.0216. The third kappa shape index (κ3) is 4.70. The molecule has 1 atom stereocenters. The molecule has 3 rings (SSSR count). The van der Waals surface area contributed by atoms with Gasteiger partial charge >= 0.3 is 0 Å². The van der Waals surface area contributed by atoms with Crippen molar-refractivity contribution in [2.75, 3.05) is 6.26 Å². The average molecular weight is 388 g/mol. The minimum atomic E-state index is -3.21. The summed E-state index contributed by atoms with van der Waals surface area (Å²) in [5.41, 5.74) is 2.75. The maximum Gasteiger partial charge on any atom is 0.251 e. The van der Waals surface area contributed by atoms with Crippen molar-refractivity contribution in [2.24, 2.45) is 5.92 Å². The van der Waals surface area contributed by atoms with Gasteiger partial charge in [0.1, 0.15) is 0 Å². The van der Waals surface area contributed by atoms with Gasteiger partial charge in [-0.1, -0.05) is 57.7 Å². The molecule has 1 saturated carbocycles. The molecule has 1 heterocycles. The predicted molar refractivity (Wildman–Crippen MR) is 109 cm³/mol. The Labute approximate surface area is 162 Å². The SMILES string of the molecule is CC(C)c1ccc(C(CC2CCCC2)c2ccc(S(C)(=O)=O)cc2)[nH]c1=O. The van der Waals surface area contributed by atoms with Crippen LogP contribution in [0.25, 0.3) is 0 Å². The first kappa shape index (κ1) is 19.9. The van der Waals surface area contributed by atoms with Gasteiger partial charge in [0.25, 0.3) is 5.56 Å². The second-order valence-corrected chi connectivity index (χ2v) is 10.1. The highest BCUT2D eigenvalue weighted by Gasteiger charge is 2.24. The van der Waals surface area contributed by atoms with E-state index in [4.69, 9.17) is 0 Å². The summed E-state index contributed by atoms with van der Waals surface area (Å²) in [5, 5.41) is 0. The maximum absolute atomic E-state index is 12.5. The van der Waals surface area contributed by atoms with E-state index in [0.29, 0.717) is 10.8 Å². The number of aromatic nitrogens is 1. The maximum atomic E-state index is 12.5. The second kappa shape index (κ2) is 8.01. The lowest BCUT2D eigenvalue weighted by Gasteiger charge is -2.22. The molecular formula is C22H29NO3S. The Balaban J connectivity index is 1.98. The van der Waals surface area contributed by atoms with E-state index in [2.05, 4.69) is 4.98 Å². The Bertz CT molecular complexity index is 936. The molecule has 1 fully saturated rings. The van der Waals surface area contributed by atoms with Crippen LogP contribution in [0.2, 0.25) is 0 Å². The predicted octanol–water partition coefficient (Wildman–Crippen LogP) is 4.61. The zero-order valence-electron chi connectivity index (χ0n) is 16.4. The van der Waals surface area contributed by atoms with Gasteiger partial charge in [0.15, 0.2) is 9.84 Å². The quantitative estimate of drug-likeness (QED) is 0.787. The van der Waals surface area contributed by atoms with Gasteiger partial charge in [0, 0.05) is 23.4 Å². The number of nitrogens with one attached hydrogen (secondary N) is 1. The zero-order chi connectivity index (χ0) is 19.6. The van der Waals surface area contributed by atoms with Crippen LogP contribution in [-0.2, 0) is 9.84 Å². The van der Waals surface area contributed by atoms with Gasteiger partial charge in [-0.05, 0) is 42.0 Å². The topological polar surface area (TPSA) is 67.0 Å². The second-order valence-electron chi connectivity index (χ2n) is 8.13. The molecule has 2 aromatic rings. The van der Waals surface area contributed by atoms with Crippen LogP contribution in [0.4, 0.5) is 0 Å². The first-order chi connectivity index (χ1) is 12.8. The fourth-order valence-electron chi connectivity index (χ4n) is 4.13. The van der Waals surface area contributed by atoms with E-state index in [-0.39, 0.29) is 17.4 Å². The molecule has 4 nitrogen and oxygen atoms in total. The summed E-state index contributed by atoms with van der Waals surface area (Å²) in [6.45, 7) is 4.04. The molecule has 1 aromatic heterocycles. The molecule has 0 spiro atoms. The fourth-order valence-corrected chi connectivity index (χ4v) is 4.76. The Kier molecular flexibility index (Phi) is 5.89. The van der Waals surface area contributed by atoms with Crippen molar-refractivity contribution in [1.82, 2.24) is 4.98 Å². The van der Waals surface area contributed by atoms with Gasteiger partial charge in [0.05, 0.1) is 4.90 Å². The van der Waals surface area contributed by atoms with Gasteiger partial charge < -0.3 is 4.98 Å². The van der Waals surface area contributed by atoms with Crippen molar-refractivity contribution >= 4 is 9.84 Å². The standard InChI is InChI=1S/C22H29NO3S/c1-15(2)19-12-13-21(23-22(19)24)20(14-16-6-4-5-7-16)17-8-10-18(11-9-17)27(3,25)26/h8-13,15-16,20H,4-7,14H2,1-3H3,(H,23,24). The first-order valence-corrected chi connectivity index (χ1v) is 11.7. The van der Waals surface area contributed by atoms with Gasteiger partial charge in [-0.3, -0.25) is 4.79 Å². The lowest BCUT2D eigenvalue weighted by molar-refractivity contribution is 0.468. The van der Waals surface area contributed by atoms with Crippen molar-refractivity contribution in [3.63, 3.8) is 0 Å². The Morgan fingerprint density at radius 3 is 2.19 bits per heavy atom. The van der Waals surface area contributed by atoms with Crippen LogP contribution >= 0.6 is 0 Å². The van der Waals surface area contributed by atoms with Crippen LogP contribution in [0.15, 0.2) is 46.1 Å². The van der Waals surface area contributed by atoms with Crippen molar-refractivity contribution in [2.45, 2.75) is 62.7 Å². The summed E-state index contributed by atoms with van der Waals surface area (Å²) in [7, 11) is -3.21. The van der Waals surface area contributed by atoms with E-state index >= 15 is 0 Å². The van der Waals surface area contributed by atoms with Crippen LogP contribution < -0.4 is 5.56 Å². The number of benzene rings is 1. The van der Waals surface area contributed by atoms with Crippen molar-refractivity contribution in [1.29, 1.82) is 0 Å². The summed E-state index contributed by atoms with van der Waals surface area (Å²) in [4.78, 5) is 15.9. The minimum Gasteiger partial charge on any atom is -0.325 e. The van der Waals surface area contributed by atoms with Gasteiger partial charge in [-0.2, -0.15) is 0 Å². The molecule has 27 heavy (non-hydrogen) atoms. The molecule has 1 aliphatic carbocycles. The number of aromatic amines is 1. The highest BCUT2D eigenvalue weighted by molar-refractivity contribution is 7.90. The molecule has 0 saturated heterocycles. The van der Waals surface area contributed by atoms with Gasteiger partial charge in [-0.15, -0.1) is 0 Å². The van der Waals surface area contributed by atoms with Gasteiger partial charge in [0.2, 0.25) is 0 Å². The number of sulfone groups is 1. The summed E-state index contributed by atoms with van der Waals surface area (Å²) in [6.07, 6.45) is 7.20. The zero-order valence-corrected chi connectivity index (χ0v) is 17.2. The van der Waals surface area contributed by atoms with E-state index < -0.39 is 9.84 Å². The summed E-state index contributed by atoms with van der Waals surface area (Å²) in [5.74, 6) is 0.915. The molecule has 0 bridgehead atoms. The average Bonchev–Trinajstić information content (AvgIpc) is 3.12. The van der Waals surface area contributed by atoms with Crippen LogP contribution in [0.3, 0.4) is 0 Å². The molecule has 0 radical (unpaired) electrons. The number of hydrogen-bond donors (Lipinski definition) is 1. The molecule has 1 unspecified atom stereocenters. The Hall–Kier alpha value is -1.88. The third-order valence-electron chi connectivity index (χ3n) is 5.71. The first-order valence-electron chi connectivity index (χ1n) is 9.79. The van der Waals surface area contributed by atoms with Crippen molar-refractivity contribution in [3.8, 4) is 0 Å². The largest absolute Gasteiger partial charge is 0.325 e. The highest BCUT2D eigenvalue weighted by atomic mass is 32.2. The normalized spacial score (nSPS) is 16.7.